The van der Waals surface area contributed by atoms with Gasteiger partial charge in [0.2, 0.25) is 0 Å². The Hall–Kier alpha value is -3.28. The molecule has 0 bridgehead atoms. The van der Waals surface area contributed by atoms with Crippen LogP contribution in [0.2, 0.25) is 0 Å². The molecule has 0 saturated heterocycles. The minimum Gasteiger partial charge on any atom is -0.494 e. The van der Waals surface area contributed by atoms with E-state index < -0.39 is 0 Å². The normalized spacial score (nSPS) is 10.3. The van der Waals surface area contributed by atoms with Gasteiger partial charge in [-0.2, -0.15) is 0 Å². The molecule has 2 N–H and O–H groups in total. The van der Waals surface area contributed by atoms with E-state index in [1.54, 1.807) is 24.6 Å². The summed E-state index contributed by atoms with van der Waals surface area (Å²) in [5.41, 5.74) is 2.36. The van der Waals surface area contributed by atoms with Gasteiger partial charge in [0.25, 0.3) is 0 Å². The van der Waals surface area contributed by atoms with Gasteiger partial charge in [0, 0.05) is 18.4 Å². The van der Waals surface area contributed by atoms with Crippen LogP contribution in [0.15, 0.2) is 65.4 Å². The number of rotatable bonds is 6. The first kappa shape index (κ1) is 16.6. The predicted molar refractivity (Wildman–Crippen MR) is 95.4 cm³/mol. The van der Waals surface area contributed by atoms with Crippen molar-refractivity contribution in [1.29, 1.82) is 0 Å². The number of nitrogens with zero attached hydrogens (tertiary/aromatic N) is 1. The van der Waals surface area contributed by atoms with Crippen LogP contribution in [0, 0.1) is 0 Å². The van der Waals surface area contributed by atoms with Crippen molar-refractivity contribution in [3.63, 3.8) is 0 Å². The maximum absolute atomic E-state index is 12.0. The summed E-state index contributed by atoms with van der Waals surface area (Å²) in [6, 6.07) is 14.4. The highest BCUT2D eigenvalue weighted by Gasteiger charge is 2.05. The van der Waals surface area contributed by atoms with Crippen molar-refractivity contribution in [3.8, 4) is 17.2 Å². The molecular weight excluding hydrogens is 318 g/mol. The lowest BCUT2D eigenvalue weighted by Gasteiger charge is -2.09. The summed E-state index contributed by atoms with van der Waals surface area (Å²) in [6.45, 7) is 2.92. The van der Waals surface area contributed by atoms with Crippen LogP contribution in [0.3, 0.4) is 0 Å². The highest BCUT2D eigenvalue weighted by atomic mass is 16.5. The van der Waals surface area contributed by atoms with Crippen molar-refractivity contribution < 1.29 is 13.9 Å². The van der Waals surface area contributed by atoms with Gasteiger partial charge in [-0.1, -0.05) is 6.07 Å². The standard InChI is InChI=1S/C19H19N3O3/c1-2-24-16-8-6-15(7-9-16)22-19(23)21-13-14-5-10-17(20-12-14)18-4-3-11-25-18/h3-12H,2,13H2,1H3,(H2,21,22,23). The van der Waals surface area contributed by atoms with E-state index in [0.717, 1.165) is 17.0 Å². The summed E-state index contributed by atoms with van der Waals surface area (Å²) in [6.07, 6.45) is 3.33. The van der Waals surface area contributed by atoms with Crippen LogP contribution in [-0.2, 0) is 6.54 Å². The summed E-state index contributed by atoms with van der Waals surface area (Å²) >= 11 is 0. The molecule has 0 atom stereocenters. The lowest BCUT2D eigenvalue weighted by molar-refractivity contribution is 0.251. The van der Waals surface area contributed by atoms with Crippen molar-refractivity contribution in [2.75, 3.05) is 11.9 Å². The van der Waals surface area contributed by atoms with Gasteiger partial charge in [-0.15, -0.1) is 0 Å². The number of hydrogen-bond acceptors (Lipinski definition) is 4. The molecule has 6 heteroatoms. The summed E-state index contributed by atoms with van der Waals surface area (Å²) < 4.78 is 10.7. The highest BCUT2D eigenvalue weighted by molar-refractivity contribution is 5.89. The molecule has 0 saturated carbocycles. The first-order chi connectivity index (χ1) is 12.2. The van der Waals surface area contributed by atoms with E-state index in [9.17, 15) is 4.79 Å². The summed E-state index contributed by atoms with van der Waals surface area (Å²) in [4.78, 5) is 16.3. The average Bonchev–Trinajstić information content (AvgIpc) is 3.17. The fourth-order valence-electron chi connectivity index (χ4n) is 2.26. The number of amides is 2. The van der Waals surface area contributed by atoms with Crippen LogP contribution < -0.4 is 15.4 Å². The number of hydrogen-bond donors (Lipinski definition) is 2. The van der Waals surface area contributed by atoms with Crippen LogP contribution in [0.1, 0.15) is 12.5 Å². The average molecular weight is 337 g/mol. The van der Waals surface area contributed by atoms with Gasteiger partial charge >= 0.3 is 6.03 Å². The van der Waals surface area contributed by atoms with Gasteiger partial charge in [0.15, 0.2) is 5.76 Å². The second-order valence-corrected chi connectivity index (χ2v) is 5.29. The monoisotopic (exact) mass is 337 g/mol. The van der Waals surface area contributed by atoms with Crippen LogP contribution in [0.4, 0.5) is 10.5 Å². The van der Waals surface area contributed by atoms with Crippen LogP contribution in [0.25, 0.3) is 11.5 Å². The minimum atomic E-state index is -0.278. The van der Waals surface area contributed by atoms with E-state index in [1.165, 1.54) is 0 Å². The Morgan fingerprint density at radius 1 is 1.16 bits per heavy atom. The molecule has 0 aliphatic carbocycles. The number of benzene rings is 1. The Morgan fingerprint density at radius 3 is 2.64 bits per heavy atom. The molecule has 0 aliphatic rings. The molecule has 0 aliphatic heterocycles. The van der Waals surface area contributed by atoms with Crippen LogP contribution in [-0.4, -0.2) is 17.6 Å². The Morgan fingerprint density at radius 2 is 2.00 bits per heavy atom. The van der Waals surface area contributed by atoms with E-state index in [0.29, 0.717) is 24.6 Å². The number of aromatic nitrogens is 1. The third kappa shape index (κ3) is 4.60. The Bertz CT molecular complexity index is 797. The van der Waals surface area contributed by atoms with Crippen molar-refractivity contribution in [2.24, 2.45) is 0 Å². The van der Waals surface area contributed by atoms with E-state index in [4.69, 9.17) is 9.15 Å². The summed E-state index contributed by atoms with van der Waals surface area (Å²) in [7, 11) is 0. The maximum atomic E-state index is 12.0. The largest absolute Gasteiger partial charge is 0.494 e. The van der Waals surface area contributed by atoms with Crippen molar-refractivity contribution >= 4 is 11.7 Å². The lowest BCUT2D eigenvalue weighted by atomic mass is 10.2. The second kappa shape index (κ2) is 8.01. The van der Waals surface area contributed by atoms with Gasteiger partial charge in [0.05, 0.1) is 12.9 Å². The van der Waals surface area contributed by atoms with Crippen LogP contribution >= 0.6 is 0 Å². The second-order valence-electron chi connectivity index (χ2n) is 5.29. The number of urea groups is 1. The number of pyridine rings is 1. The molecule has 0 spiro atoms. The molecule has 3 rings (SSSR count). The van der Waals surface area contributed by atoms with Crippen molar-refractivity contribution in [1.82, 2.24) is 10.3 Å². The molecule has 0 unspecified atom stereocenters. The third-order valence-corrected chi connectivity index (χ3v) is 3.47. The fourth-order valence-corrected chi connectivity index (χ4v) is 2.26. The fraction of sp³-hybridized carbons (Fsp3) is 0.158. The van der Waals surface area contributed by atoms with Crippen molar-refractivity contribution in [2.45, 2.75) is 13.5 Å². The maximum Gasteiger partial charge on any atom is 0.319 e. The van der Waals surface area contributed by atoms with E-state index >= 15 is 0 Å². The zero-order valence-corrected chi connectivity index (χ0v) is 13.9. The minimum absolute atomic E-state index is 0.278. The zero-order valence-electron chi connectivity index (χ0n) is 13.9. The molecule has 2 heterocycles. The Balaban J connectivity index is 1.50. The number of nitrogens with one attached hydrogen (secondary N) is 2. The first-order valence-corrected chi connectivity index (χ1v) is 8.01. The van der Waals surface area contributed by atoms with Gasteiger partial charge in [-0.3, -0.25) is 4.98 Å². The number of furan rings is 1. The predicted octanol–water partition coefficient (Wildman–Crippen LogP) is 4.06. The molecule has 2 amide bonds. The summed E-state index contributed by atoms with van der Waals surface area (Å²) in [5, 5.41) is 5.57. The molecular formula is C19H19N3O3. The molecule has 0 fully saturated rings. The molecule has 3 aromatic rings. The summed E-state index contributed by atoms with van der Waals surface area (Å²) in [5.74, 6) is 1.49. The highest BCUT2D eigenvalue weighted by Crippen LogP contribution is 2.17. The number of carbonyl (C=O) groups excluding carboxylic acids is 1. The number of anilines is 1. The lowest BCUT2D eigenvalue weighted by Crippen LogP contribution is -2.28. The molecule has 0 radical (unpaired) electrons. The Labute approximate surface area is 145 Å². The molecule has 25 heavy (non-hydrogen) atoms. The van der Waals surface area contributed by atoms with E-state index in [-0.39, 0.29) is 6.03 Å². The van der Waals surface area contributed by atoms with Gasteiger partial charge < -0.3 is 19.8 Å². The number of ether oxygens (including phenoxy) is 1. The molecule has 128 valence electrons. The van der Waals surface area contributed by atoms with Gasteiger partial charge in [-0.05, 0) is 55.0 Å². The third-order valence-electron chi connectivity index (χ3n) is 3.47. The SMILES string of the molecule is CCOc1ccc(NC(=O)NCc2ccc(-c3ccco3)nc2)cc1. The smallest absolute Gasteiger partial charge is 0.319 e. The van der Waals surface area contributed by atoms with Crippen LogP contribution in [0.5, 0.6) is 5.75 Å². The molecule has 2 aromatic heterocycles. The van der Waals surface area contributed by atoms with Crippen molar-refractivity contribution in [3.05, 3.63) is 66.6 Å². The molecule has 6 nitrogen and oxygen atoms in total. The Kier molecular flexibility index (Phi) is 5.31. The zero-order chi connectivity index (χ0) is 17.5. The number of carbonyl (C=O) groups is 1. The van der Waals surface area contributed by atoms with Gasteiger partial charge in [0.1, 0.15) is 11.4 Å². The van der Waals surface area contributed by atoms with Gasteiger partial charge in [-0.25, -0.2) is 4.79 Å². The topological polar surface area (TPSA) is 76.4 Å². The van der Waals surface area contributed by atoms with E-state index in [1.807, 2.05) is 43.3 Å². The van der Waals surface area contributed by atoms with E-state index in [2.05, 4.69) is 15.6 Å². The first-order valence-electron chi connectivity index (χ1n) is 8.01. The molecule has 1 aromatic carbocycles. The quantitative estimate of drug-likeness (QED) is 0.711.